The highest BCUT2D eigenvalue weighted by Gasteiger charge is 2.39. The molecular formula is C13H10F3NO2S. The molecule has 3 nitrogen and oxygen atoms in total. The molecule has 1 aromatic heterocycles. The van der Waals surface area contributed by atoms with Gasteiger partial charge in [-0.05, 0) is 19.4 Å². The van der Waals surface area contributed by atoms with Gasteiger partial charge in [0, 0.05) is 5.56 Å². The van der Waals surface area contributed by atoms with Crippen LogP contribution in [0.4, 0.5) is 13.2 Å². The number of benzene rings is 1. The van der Waals surface area contributed by atoms with Crippen LogP contribution < -0.4 is 0 Å². The minimum atomic E-state index is -4.78. The van der Waals surface area contributed by atoms with Gasteiger partial charge < -0.3 is 5.11 Å². The molecule has 2 rings (SSSR count). The Bertz CT molecular complexity index is 677. The summed E-state index contributed by atoms with van der Waals surface area (Å²) in [5.74, 6) is -1.62. The Morgan fingerprint density at radius 3 is 2.40 bits per heavy atom. The standard InChI is InChI=1S/C13H10F3NO2S/c1-6-3-4-8(7(2)5-6)11-17-10(13(14,15)16)9(20-11)12(18)19/h3-5H,1-2H3,(H,18,19). The van der Waals surface area contributed by atoms with Gasteiger partial charge in [0.05, 0.1) is 0 Å². The van der Waals surface area contributed by atoms with Crippen molar-refractivity contribution < 1.29 is 23.1 Å². The first-order valence-corrected chi connectivity index (χ1v) is 6.40. The van der Waals surface area contributed by atoms with Crippen molar-refractivity contribution in [3.05, 3.63) is 39.9 Å². The highest BCUT2D eigenvalue weighted by Crippen LogP contribution is 2.38. The second-order valence-corrected chi connectivity index (χ2v) is 5.32. The summed E-state index contributed by atoms with van der Waals surface area (Å²) in [6.07, 6.45) is -4.78. The maximum Gasteiger partial charge on any atom is 0.435 e. The van der Waals surface area contributed by atoms with Crippen LogP contribution in [0.2, 0.25) is 0 Å². The number of thiazole rings is 1. The van der Waals surface area contributed by atoms with E-state index in [0.29, 0.717) is 16.9 Å². The molecule has 2 aromatic rings. The van der Waals surface area contributed by atoms with Crippen LogP contribution in [0.25, 0.3) is 10.6 Å². The first-order chi connectivity index (χ1) is 9.20. The summed E-state index contributed by atoms with van der Waals surface area (Å²) in [5.41, 5.74) is 0.894. The summed E-state index contributed by atoms with van der Waals surface area (Å²) < 4.78 is 38.3. The lowest BCUT2D eigenvalue weighted by molar-refractivity contribution is -0.141. The largest absolute Gasteiger partial charge is 0.477 e. The van der Waals surface area contributed by atoms with Crippen LogP contribution in [0.3, 0.4) is 0 Å². The van der Waals surface area contributed by atoms with Crippen LogP contribution >= 0.6 is 11.3 Å². The van der Waals surface area contributed by atoms with Gasteiger partial charge in [0.2, 0.25) is 0 Å². The number of aryl methyl sites for hydroxylation is 2. The zero-order valence-corrected chi connectivity index (χ0v) is 11.4. The summed E-state index contributed by atoms with van der Waals surface area (Å²) in [7, 11) is 0. The van der Waals surface area contributed by atoms with E-state index in [0.717, 1.165) is 11.1 Å². The second-order valence-electron chi connectivity index (χ2n) is 4.32. The molecule has 0 aliphatic heterocycles. The third-order valence-electron chi connectivity index (χ3n) is 2.70. The number of hydrogen-bond acceptors (Lipinski definition) is 3. The lowest BCUT2D eigenvalue weighted by atomic mass is 10.1. The molecule has 0 spiro atoms. The molecule has 106 valence electrons. The maximum atomic E-state index is 12.8. The number of aromatic nitrogens is 1. The van der Waals surface area contributed by atoms with E-state index in [4.69, 9.17) is 5.11 Å². The predicted molar refractivity (Wildman–Crippen MR) is 69.0 cm³/mol. The third kappa shape index (κ3) is 2.67. The summed E-state index contributed by atoms with van der Waals surface area (Å²) in [6, 6.07) is 5.21. The van der Waals surface area contributed by atoms with E-state index >= 15 is 0 Å². The lowest BCUT2D eigenvalue weighted by Gasteiger charge is -2.04. The molecule has 0 atom stereocenters. The van der Waals surface area contributed by atoms with Gasteiger partial charge in [-0.2, -0.15) is 13.2 Å². The fourth-order valence-electron chi connectivity index (χ4n) is 1.83. The van der Waals surface area contributed by atoms with Gasteiger partial charge in [0.25, 0.3) is 0 Å². The van der Waals surface area contributed by atoms with E-state index in [9.17, 15) is 18.0 Å². The number of halogens is 3. The smallest absolute Gasteiger partial charge is 0.435 e. The first-order valence-electron chi connectivity index (χ1n) is 5.59. The van der Waals surface area contributed by atoms with Crippen LogP contribution in [-0.2, 0) is 6.18 Å². The molecule has 0 amide bonds. The lowest BCUT2D eigenvalue weighted by Crippen LogP contribution is -2.11. The van der Waals surface area contributed by atoms with E-state index in [1.807, 2.05) is 13.0 Å². The number of alkyl halides is 3. The minimum absolute atomic E-state index is 0.0622. The van der Waals surface area contributed by atoms with Crippen molar-refractivity contribution in [2.45, 2.75) is 20.0 Å². The molecule has 20 heavy (non-hydrogen) atoms. The molecule has 7 heteroatoms. The minimum Gasteiger partial charge on any atom is -0.477 e. The van der Waals surface area contributed by atoms with Crippen molar-refractivity contribution in [3.8, 4) is 10.6 Å². The molecule has 1 heterocycles. The Labute approximate surface area is 116 Å². The molecule has 0 aliphatic carbocycles. The summed E-state index contributed by atoms with van der Waals surface area (Å²) in [6.45, 7) is 3.61. The topological polar surface area (TPSA) is 50.2 Å². The number of carboxylic acids is 1. The summed E-state index contributed by atoms with van der Waals surface area (Å²) in [4.78, 5) is 13.6. The zero-order valence-electron chi connectivity index (χ0n) is 10.6. The number of carbonyl (C=O) groups is 1. The first kappa shape index (κ1) is 14.5. The Hall–Kier alpha value is -1.89. The van der Waals surface area contributed by atoms with E-state index < -0.39 is 22.7 Å². The average Bonchev–Trinajstić information content (AvgIpc) is 2.73. The highest BCUT2D eigenvalue weighted by atomic mass is 32.1. The molecule has 0 unspecified atom stereocenters. The second kappa shape index (κ2) is 4.90. The van der Waals surface area contributed by atoms with Crippen molar-refractivity contribution in [1.29, 1.82) is 0 Å². The molecule has 0 aliphatic rings. The van der Waals surface area contributed by atoms with Gasteiger partial charge in [0.15, 0.2) is 5.69 Å². The number of rotatable bonds is 2. The highest BCUT2D eigenvalue weighted by molar-refractivity contribution is 7.17. The molecule has 0 fully saturated rings. The fraction of sp³-hybridized carbons (Fsp3) is 0.231. The van der Waals surface area contributed by atoms with Gasteiger partial charge in [-0.3, -0.25) is 0 Å². The van der Waals surface area contributed by atoms with E-state index in [1.54, 1.807) is 19.1 Å². The molecule has 1 aromatic carbocycles. The predicted octanol–water partition coefficient (Wildman–Crippen LogP) is 4.14. The number of nitrogens with zero attached hydrogens (tertiary/aromatic N) is 1. The summed E-state index contributed by atoms with van der Waals surface area (Å²) >= 11 is 0.537. The van der Waals surface area contributed by atoms with Crippen molar-refractivity contribution in [2.24, 2.45) is 0 Å². The Kier molecular flexibility index (Phi) is 3.56. The molecule has 0 radical (unpaired) electrons. The Balaban J connectivity index is 2.62. The Morgan fingerprint density at radius 1 is 1.30 bits per heavy atom. The molecule has 0 saturated carbocycles. The monoisotopic (exact) mass is 301 g/mol. The van der Waals surface area contributed by atoms with Gasteiger partial charge in [0.1, 0.15) is 9.88 Å². The molecule has 1 N–H and O–H groups in total. The van der Waals surface area contributed by atoms with Crippen LogP contribution in [0.5, 0.6) is 0 Å². The molecule has 0 bridgehead atoms. The van der Waals surface area contributed by atoms with Crippen LogP contribution in [0.15, 0.2) is 18.2 Å². The van der Waals surface area contributed by atoms with Gasteiger partial charge in [-0.15, -0.1) is 11.3 Å². The van der Waals surface area contributed by atoms with E-state index in [-0.39, 0.29) is 5.01 Å². The summed E-state index contributed by atoms with van der Waals surface area (Å²) in [5, 5.41) is 8.94. The number of hydrogen-bond donors (Lipinski definition) is 1. The maximum absolute atomic E-state index is 12.8. The van der Waals surface area contributed by atoms with Crippen LogP contribution in [-0.4, -0.2) is 16.1 Å². The normalized spacial score (nSPS) is 11.7. The average molecular weight is 301 g/mol. The van der Waals surface area contributed by atoms with Crippen LogP contribution in [0, 0.1) is 13.8 Å². The van der Waals surface area contributed by atoms with Crippen molar-refractivity contribution in [1.82, 2.24) is 4.98 Å². The number of carboxylic acid groups (broad SMARTS) is 1. The van der Waals surface area contributed by atoms with Crippen molar-refractivity contribution >= 4 is 17.3 Å². The quantitative estimate of drug-likeness (QED) is 0.906. The molecular weight excluding hydrogens is 291 g/mol. The van der Waals surface area contributed by atoms with Gasteiger partial charge in [-0.1, -0.05) is 23.8 Å². The number of aromatic carboxylic acids is 1. The Morgan fingerprint density at radius 2 is 1.95 bits per heavy atom. The molecule has 0 saturated heterocycles. The van der Waals surface area contributed by atoms with Gasteiger partial charge >= 0.3 is 12.1 Å². The fourth-order valence-corrected chi connectivity index (χ4v) is 2.84. The SMILES string of the molecule is Cc1ccc(-c2nc(C(F)(F)F)c(C(=O)O)s2)c(C)c1. The van der Waals surface area contributed by atoms with Gasteiger partial charge in [-0.25, -0.2) is 9.78 Å². The van der Waals surface area contributed by atoms with Crippen molar-refractivity contribution in [3.63, 3.8) is 0 Å². The van der Waals surface area contributed by atoms with E-state index in [1.165, 1.54) is 0 Å². The third-order valence-corrected chi connectivity index (χ3v) is 3.78. The van der Waals surface area contributed by atoms with Crippen molar-refractivity contribution in [2.75, 3.05) is 0 Å². The zero-order chi connectivity index (χ0) is 15.1. The van der Waals surface area contributed by atoms with E-state index in [2.05, 4.69) is 4.98 Å². The van der Waals surface area contributed by atoms with Crippen LogP contribution in [0.1, 0.15) is 26.5 Å².